The molecule has 0 amide bonds. The summed E-state index contributed by atoms with van der Waals surface area (Å²) < 4.78 is 0. The Hall–Kier alpha value is -0.340. The van der Waals surface area contributed by atoms with Crippen molar-refractivity contribution in [2.45, 2.75) is 44.6 Å². The molecule has 2 fully saturated rings. The maximum atomic E-state index is 3.69. The van der Waals surface area contributed by atoms with Crippen molar-refractivity contribution in [1.29, 1.82) is 0 Å². The second-order valence-electron chi connectivity index (χ2n) is 6.66. The third kappa shape index (κ3) is 2.80. The second-order valence-corrected chi connectivity index (χ2v) is 6.66. The fourth-order valence-corrected chi connectivity index (χ4v) is 4.20. The number of likely N-dealkylation sites (N-methyl/N-ethyl adjacent to an activating group) is 1. The Kier molecular flexibility index (Phi) is 4.05. The maximum absolute atomic E-state index is 3.69. The van der Waals surface area contributed by atoms with Gasteiger partial charge < -0.3 is 10.2 Å². The number of hydrogen-bond donors (Lipinski definition) is 1. The average Bonchev–Trinajstić information content (AvgIpc) is 3.09. The van der Waals surface area contributed by atoms with Crippen molar-refractivity contribution in [2.24, 2.45) is 17.8 Å². The van der Waals surface area contributed by atoms with Crippen molar-refractivity contribution in [3.63, 3.8) is 0 Å². The van der Waals surface area contributed by atoms with Gasteiger partial charge in [-0.2, -0.15) is 0 Å². The van der Waals surface area contributed by atoms with Crippen LogP contribution in [0.3, 0.4) is 0 Å². The Morgan fingerprint density at radius 3 is 2.67 bits per heavy atom. The summed E-state index contributed by atoms with van der Waals surface area (Å²) in [6.45, 7) is 3.63. The van der Waals surface area contributed by atoms with Crippen LogP contribution < -0.4 is 5.32 Å². The predicted octanol–water partition coefficient (Wildman–Crippen LogP) is 2.66. The minimum Gasteiger partial charge on any atom is -0.315 e. The first kappa shape index (κ1) is 12.7. The molecule has 2 saturated carbocycles. The Morgan fingerprint density at radius 1 is 1.17 bits per heavy atom. The lowest BCUT2D eigenvalue weighted by atomic mass is 9.94. The predicted molar refractivity (Wildman–Crippen MR) is 76.6 cm³/mol. The normalized spacial score (nSPS) is 35.1. The molecule has 1 N–H and O–H groups in total. The van der Waals surface area contributed by atoms with Crippen LogP contribution in [0.25, 0.3) is 0 Å². The molecule has 0 saturated heterocycles. The quantitative estimate of drug-likeness (QED) is 0.574. The zero-order valence-electron chi connectivity index (χ0n) is 11.8. The monoisotopic (exact) mass is 248 g/mol. The van der Waals surface area contributed by atoms with E-state index in [2.05, 4.69) is 29.4 Å². The summed E-state index contributed by atoms with van der Waals surface area (Å²) in [7, 11) is 2.30. The van der Waals surface area contributed by atoms with Gasteiger partial charge in [0, 0.05) is 19.1 Å². The Morgan fingerprint density at radius 2 is 2.00 bits per heavy atom. The first-order valence-electron chi connectivity index (χ1n) is 7.92. The summed E-state index contributed by atoms with van der Waals surface area (Å²) in [5.41, 5.74) is 0. The van der Waals surface area contributed by atoms with Crippen LogP contribution in [0.1, 0.15) is 38.5 Å². The fraction of sp³-hybridized carbons (Fsp3) is 0.875. The first-order valence-corrected chi connectivity index (χ1v) is 7.92. The second kappa shape index (κ2) is 5.75. The van der Waals surface area contributed by atoms with E-state index in [9.17, 15) is 0 Å². The van der Waals surface area contributed by atoms with E-state index >= 15 is 0 Å². The summed E-state index contributed by atoms with van der Waals surface area (Å²) in [5, 5.41) is 3.69. The van der Waals surface area contributed by atoms with Crippen LogP contribution in [0.5, 0.6) is 0 Å². The number of fused-ring (bicyclic) bond motifs is 2. The molecule has 0 radical (unpaired) electrons. The number of allylic oxidation sites excluding steroid dienone is 2. The molecule has 2 nitrogen and oxygen atoms in total. The molecule has 3 unspecified atom stereocenters. The van der Waals surface area contributed by atoms with Crippen LogP contribution in [0.2, 0.25) is 0 Å². The lowest BCUT2D eigenvalue weighted by Crippen LogP contribution is -2.37. The van der Waals surface area contributed by atoms with Crippen molar-refractivity contribution in [3.05, 3.63) is 12.2 Å². The standard InChI is InChI=1S/C16H28N2/c1-18(16-4-2-3-5-16)9-8-17-12-15-11-13-6-7-14(15)10-13/h6-7,13-17H,2-5,8-12H2,1H3. The molecule has 0 aliphatic heterocycles. The van der Waals surface area contributed by atoms with Crippen molar-refractivity contribution in [1.82, 2.24) is 10.2 Å². The number of hydrogen-bond acceptors (Lipinski definition) is 2. The molecule has 0 heterocycles. The van der Waals surface area contributed by atoms with E-state index in [1.807, 2.05) is 0 Å². The summed E-state index contributed by atoms with van der Waals surface area (Å²) in [6, 6.07) is 0.872. The minimum atomic E-state index is 0.872. The zero-order valence-corrected chi connectivity index (χ0v) is 11.8. The van der Waals surface area contributed by atoms with Gasteiger partial charge in [0.05, 0.1) is 0 Å². The SMILES string of the molecule is CN(CCNCC1CC2C=CC1C2)C1CCCC1. The number of nitrogens with one attached hydrogen (secondary N) is 1. The lowest BCUT2D eigenvalue weighted by molar-refractivity contribution is 0.243. The van der Waals surface area contributed by atoms with Gasteiger partial charge in [-0.05, 0) is 57.0 Å². The number of nitrogens with zero attached hydrogens (tertiary/aromatic N) is 1. The van der Waals surface area contributed by atoms with Gasteiger partial charge in [0.2, 0.25) is 0 Å². The van der Waals surface area contributed by atoms with E-state index in [0.29, 0.717) is 0 Å². The Bertz CT molecular complexity index is 293. The summed E-state index contributed by atoms with van der Waals surface area (Å²) in [4.78, 5) is 2.57. The third-order valence-corrected chi connectivity index (χ3v) is 5.41. The van der Waals surface area contributed by atoms with Crippen molar-refractivity contribution in [3.8, 4) is 0 Å². The van der Waals surface area contributed by atoms with Crippen molar-refractivity contribution >= 4 is 0 Å². The topological polar surface area (TPSA) is 15.3 Å². The molecule has 3 rings (SSSR count). The van der Waals surface area contributed by atoms with Gasteiger partial charge in [-0.1, -0.05) is 25.0 Å². The summed E-state index contributed by atoms with van der Waals surface area (Å²) in [6.07, 6.45) is 13.5. The molecule has 3 aliphatic rings. The highest BCUT2D eigenvalue weighted by Gasteiger charge is 2.34. The average molecular weight is 248 g/mol. The first-order chi connectivity index (χ1) is 8.83. The third-order valence-electron chi connectivity index (χ3n) is 5.41. The van der Waals surface area contributed by atoms with E-state index in [-0.39, 0.29) is 0 Å². The molecule has 0 aromatic carbocycles. The molecule has 2 heteroatoms. The molecule has 3 atom stereocenters. The molecular formula is C16H28N2. The van der Waals surface area contributed by atoms with Crippen molar-refractivity contribution < 1.29 is 0 Å². The van der Waals surface area contributed by atoms with Gasteiger partial charge in [0.15, 0.2) is 0 Å². The van der Waals surface area contributed by atoms with E-state index in [1.165, 1.54) is 58.2 Å². The summed E-state index contributed by atoms with van der Waals surface area (Å²) in [5.74, 6) is 2.75. The zero-order chi connectivity index (χ0) is 12.4. The van der Waals surface area contributed by atoms with E-state index in [1.54, 1.807) is 0 Å². The highest BCUT2D eigenvalue weighted by atomic mass is 15.1. The van der Waals surface area contributed by atoms with E-state index in [0.717, 1.165) is 23.8 Å². The molecule has 18 heavy (non-hydrogen) atoms. The van der Waals surface area contributed by atoms with E-state index in [4.69, 9.17) is 0 Å². The van der Waals surface area contributed by atoms with Gasteiger partial charge in [-0.3, -0.25) is 0 Å². The molecular weight excluding hydrogens is 220 g/mol. The Labute approximate surface area is 112 Å². The molecule has 0 aromatic heterocycles. The van der Waals surface area contributed by atoms with Crippen molar-refractivity contribution in [2.75, 3.05) is 26.7 Å². The lowest BCUT2D eigenvalue weighted by Gasteiger charge is -2.25. The molecule has 0 aromatic rings. The largest absolute Gasteiger partial charge is 0.315 e. The van der Waals surface area contributed by atoms with Crippen LogP contribution in [-0.4, -0.2) is 37.6 Å². The van der Waals surface area contributed by atoms with Crippen LogP contribution in [0.4, 0.5) is 0 Å². The van der Waals surface area contributed by atoms with Gasteiger partial charge in [0.25, 0.3) is 0 Å². The smallest absolute Gasteiger partial charge is 0.0107 e. The van der Waals surface area contributed by atoms with Gasteiger partial charge in [-0.25, -0.2) is 0 Å². The van der Waals surface area contributed by atoms with Crippen LogP contribution in [-0.2, 0) is 0 Å². The molecule has 102 valence electrons. The molecule has 2 bridgehead atoms. The highest BCUT2D eigenvalue weighted by molar-refractivity contribution is 5.10. The maximum Gasteiger partial charge on any atom is 0.0107 e. The molecule has 3 aliphatic carbocycles. The van der Waals surface area contributed by atoms with Crippen LogP contribution >= 0.6 is 0 Å². The van der Waals surface area contributed by atoms with Gasteiger partial charge in [-0.15, -0.1) is 0 Å². The molecule has 0 spiro atoms. The highest BCUT2D eigenvalue weighted by Crippen LogP contribution is 2.42. The number of rotatable bonds is 6. The van der Waals surface area contributed by atoms with Crippen LogP contribution in [0.15, 0.2) is 12.2 Å². The van der Waals surface area contributed by atoms with Gasteiger partial charge in [0.1, 0.15) is 0 Å². The van der Waals surface area contributed by atoms with Gasteiger partial charge >= 0.3 is 0 Å². The van der Waals surface area contributed by atoms with E-state index < -0.39 is 0 Å². The minimum absolute atomic E-state index is 0.872. The summed E-state index contributed by atoms with van der Waals surface area (Å²) >= 11 is 0. The van der Waals surface area contributed by atoms with Crippen LogP contribution in [0, 0.1) is 17.8 Å². The Balaban J connectivity index is 1.29. The fourth-order valence-electron chi connectivity index (χ4n) is 4.20.